The summed E-state index contributed by atoms with van der Waals surface area (Å²) < 4.78 is 2.15. The summed E-state index contributed by atoms with van der Waals surface area (Å²) in [5.41, 5.74) is 1.27. The van der Waals surface area contributed by atoms with Gasteiger partial charge in [-0.1, -0.05) is 26.7 Å². The van der Waals surface area contributed by atoms with Crippen molar-refractivity contribution in [2.24, 2.45) is 13.0 Å². The second kappa shape index (κ2) is 5.59. The molecule has 1 amide bonds. The van der Waals surface area contributed by atoms with Crippen LogP contribution in [0.25, 0.3) is 0 Å². The number of rotatable bonds is 2. The lowest BCUT2D eigenvalue weighted by Gasteiger charge is -2.32. The summed E-state index contributed by atoms with van der Waals surface area (Å²) in [5.74, 6) is 0.383. The highest BCUT2D eigenvalue weighted by Gasteiger charge is 2.29. The monoisotopic (exact) mass is 248 g/mol. The van der Waals surface area contributed by atoms with Crippen LogP contribution in [-0.2, 0) is 11.8 Å². The van der Waals surface area contributed by atoms with E-state index in [1.165, 1.54) is 18.5 Å². The number of aryl methyl sites for hydroxylation is 1. The smallest absolute Gasteiger partial charge is 0.225 e. The van der Waals surface area contributed by atoms with Gasteiger partial charge in [0.1, 0.15) is 0 Å². The van der Waals surface area contributed by atoms with Crippen molar-refractivity contribution >= 4 is 5.91 Å². The van der Waals surface area contributed by atoms with Crippen LogP contribution in [0.4, 0.5) is 0 Å². The Morgan fingerprint density at radius 1 is 1.33 bits per heavy atom. The Balaban J connectivity index is 2.28. The highest BCUT2D eigenvalue weighted by molar-refractivity contribution is 5.78. The Kier molecular flexibility index (Phi) is 4.10. The van der Waals surface area contributed by atoms with Gasteiger partial charge >= 0.3 is 0 Å². The van der Waals surface area contributed by atoms with Crippen molar-refractivity contribution in [3.63, 3.8) is 0 Å². The molecule has 1 aliphatic heterocycles. The Hall–Kier alpha value is -1.25. The molecule has 0 aliphatic carbocycles. The highest BCUT2D eigenvalue weighted by atomic mass is 16.2. The Morgan fingerprint density at radius 2 is 2.11 bits per heavy atom. The van der Waals surface area contributed by atoms with Gasteiger partial charge in [0, 0.05) is 31.4 Å². The molecule has 2 rings (SSSR count). The van der Waals surface area contributed by atoms with Crippen molar-refractivity contribution in [3.05, 3.63) is 24.0 Å². The minimum atomic E-state index is 0.0888. The number of hydrogen-bond acceptors (Lipinski definition) is 1. The number of carbonyl (C=O) groups is 1. The van der Waals surface area contributed by atoms with E-state index in [0.717, 1.165) is 19.4 Å². The summed E-state index contributed by atoms with van der Waals surface area (Å²) in [7, 11) is 2.07. The zero-order chi connectivity index (χ0) is 13.1. The number of amides is 1. The van der Waals surface area contributed by atoms with E-state index in [4.69, 9.17) is 0 Å². The fourth-order valence-corrected chi connectivity index (χ4v) is 2.83. The second-order valence-electron chi connectivity index (χ2n) is 5.60. The van der Waals surface area contributed by atoms with Crippen LogP contribution < -0.4 is 0 Å². The summed E-state index contributed by atoms with van der Waals surface area (Å²) in [6, 6.07) is 4.48. The molecule has 18 heavy (non-hydrogen) atoms. The van der Waals surface area contributed by atoms with Crippen LogP contribution in [0.1, 0.15) is 51.3 Å². The van der Waals surface area contributed by atoms with Crippen LogP contribution >= 0.6 is 0 Å². The molecule has 100 valence electrons. The summed E-state index contributed by atoms with van der Waals surface area (Å²) >= 11 is 0. The Bertz CT molecular complexity index is 408. The molecule has 1 unspecified atom stereocenters. The lowest BCUT2D eigenvalue weighted by molar-refractivity contribution is -0.137. The molecule has 3 nitrogen and oxygen atoms in total. The van der Waals surface area contributed by atoms with Crippen molar-refractivity contribution < 1.29 is 4.79 Å². The quantitative estimate of drug-likeness (QED) is 0.789. The van der Waals surface area contributed by atoms with Gasteiger partial charge < -0.3 is 9.47 Å². The lowest BCUT2D eigenvalue weighted by atomic mass is 10.0. The molecule has 1 fully saturated rings. The first kappa shape index (κ1) is 13.2. The molecule has 0 bridgehead atoms. The number of aromatic nitrogens is 1. The first-order valence-corrected chi connectivity index (χ1v) is 7.03. The Morgan fingerprint density at radius 3 is 2.72 bits per heavy atom. The fraction of sp³-hybridized carbons (Fsp3) is 0.667. The molecule has 2 heterocycles. The molecular formula is C15H24N2O. The van der Waals surface area contributed by atoms with Gasteiger partial charge in [0.05, 0.1) is 6.04 Å². The summed E-state index contributed by atoms with van der Waals surface area (Å²) in [5, 5.41) is 0. The van der Waals surface area contributed by atoms with Gasteiger partial charge in [0.25, 0.3) is 0 Å². The third kappa shape index (κ3) is 2.60. The summed E-state index contributed by atoms with van der Waals surface area (Å²) in [4.78, 5) is 14.5. The molecule has 0 saturated carbocycles. The molecule has 1 atom stereocenters. The molecule has 0 aromatic carbocycles. The summed E-state index contributed by atoms with van der Waals surface area (Å²) in [6.45, 7) is 4.90. The first-order chi connectivity index (χ1) is 8.61. The zero-order valence-electron chi connectivity index (χ0n) is 11.7. The third-order valence-corrected chi connectivity index (χ3v) is 3.86. The van der Waals surface area contributed by atoms with Gasteiger partial charge in [0.2, 0.25) is 5.91 Å². The number of likely N-dealkylation sites (tertiary alicyclic amines) is 1. The van der Waals surface area contributed by atoms with E-state index >= 15 is 0 Å². The average Bonchev–Trinajstić information content (AvgIpc) is 2.63. The number of hydrogen-bond donors (Lipinski definition) is 0. The molecular weight excluding hydrogens is 224 g/mol. The topological polar surface area (TPSA) is 25.2 Å². The third-order valence-electron chi connectivity index (χ3n) is 3.86. The van der Waals surface area contributed by atoms with Crippen molar-refractivity contribution in [1.29, 1.82) is 0 Å². The van der Waals surface area contributed by atoms with Crippen LogP contribution in [0, 0.1) is 5.92 Å². The minimum Gasteiger partial charge on any atom is -0.353 e. The molecule has 0 radical (unpaired) electrons. The fourth-order valence-electron chi connectivity index (χ4n) is 2.83. The van der Waals surface area contributed by atoms with E-state index < -0.39 is 0 Å². The molecule has 0 spiro atoms. The molecule has 1 aliphatic rings. The number of carbonyl (C=O) groups excluding carboxylic acids is 1. The van der Waals surface area contributed by atoms with Crippen molar-refractivity contribution in [1.82, 2.24) is 9.47 Å². The van der Waals surface area contributed by atoms with Gasteiger partial charge in [-0.05, 0) is 25.0 Å². The van der Waals surface area contributed by atoms with Crippen LogP contribution in [0.2, 0.25) is 0 Å². The zero-order valence-corrected chi connectivity index (χ0v) is 11.7. The molecule has 1 aromatic heterocycles. The van der Waals surface area contributed by atoms with Crippen molar-refractivity contribution in [2.75, 3.05) is 6.54 Å². The maximum absolute atomic E-state index is 12.4. The Labute approximate surface area is 110 Å². The SMILES string of the molecule is CC(C)C(=O)N1CCCCCC1c1cccn1C. The minimum absolute atomic E-state index is 0.0888. The molecule has 0 N–H and O–H groups in total. The predicted molar refractivity (Wildman–Crippen MR) is 73.2 cm³/mol. The van der Waals surface area contributed by atoms with Crippen molar-refractivity contribution in [3.8, 4) is 0 Å². The van der Waals surface area contributed by atoms with E-state index in [9.17, 15) is 4.79 Å². The standard InChI is InChI=1S/C15H24N2O/c1-12(2)15(18)17-11-6-4-5-8-14(17)13-9-7-10-16(13)3/h7,9-10,12,14H,4-6,8,11H2,1-3H3. The van der Waals surface area contributed by atoms with Crippen molar-refractivity contribution in [2.45, 2.75) is 45.6 Å². The van der Waals surface area contributed by atoms with Gasteiger partial charge in [0.15, 0.2) is 0 Å². The maximum Gasteiger partial charge on any atom is 0.225 e. The average molecular weight is 248 g/mol. The predicted octanol–water partition coefficient (Wildman–Crippen LogP) is 3.12. The number of nitrogens with zero attached hydrogens (tertiary/aromatic N) is 2. The van der Waals surface area contributed by atoms with Crippen LogP contribution in [0.5, 0.6) is 0 Å². The van der Waals surface area contributed by atoms with Crippen LogP contribution in [0.15, 0.2) is 18.3 Å². The summed E-state index contributed by atoms with van der Waals surface area (Å²) in [6.07, 6.45) is 6.76. The van der Waals surface area contributed by atoms with E-state index in [1.807, 2.05) is 13.8 Å². The first-order valence-electron chi connectivity index (χ1n) is 7.03. The van der Waals surface area contributed by atoms with E-state index in [1.54, 1.807) is 0 Å². The van der Waals surface area contributed by atoms with E-state index in [2.05, 4.69) is 34.8 Å². The van der Waals surface area contributed by atoms with E-state index in [-0.39, 0.29) is 12.0 Å². The van der Waals surface area contributed by atoms with Crippen LogP contribution in [-0.4, -0.2) is 21.9 Å². The normalized spacial score (nSPS) is 21.1. The molecule has 1 aromatic rings. The molecule has 3 heteroatoms. The lowest BCUT2D eigenvalue weighted by Crippen LogP contribution is -2.38. The molecule has 1 saturated heterocycles. The second-order valence-corrected chi connectivity index (χ2v) is 5.60. The maximum atomic E-state index is 12.4. The van der Waals surface area contributed by atoms with Gasteiger partial charge in [-0.2, -0.15) is 0 Å². The highest BCUT2D eigenvalue weighted by Crippen LogP contribution is 2.31. The van der Waals surface area contributed by atoms with Gasteiger partial charge in [-0.25, -0.2) is 0 Å². The van der Waals surface area contributed by atoms with E-state index in [0.29, 0.717) is 5.91 Å². The van der Waals surface area contributed by atoms with Crippen LogP contribution in [0.3, 0.4) is 0 Å². The van der Waals surface area contributed by atoms with Gasteiger partial charge in [-0.3, -0.25) is 4.79 Å². The largest absolute Gasteiger partial charge is 0.353 e. The van der Waals surface area contributed by atoms with Gasteiger partial charge in [-0.15, -0.1) is 0 Å².